The van der Waals surface area contributed by atoms with Crippen LogP contribution in [0.15, 0.2) is 73.4 Å². The highest BCUT2D eigenvalue weighted by atomic mass is 79.9. The SMILES string of the molecule is COc1cc(/C=C2\SC(=Nc3cccc(Br)c3)NC2=O)cc(Br)c1Oc1ccc([N+](=O)[O-])cc1[N+](=O)[O-]. The Morgan fingerprint density at radius 3 is 2.49 bits per heavy atom. The summed E-state index contributed by atoms with van der Waals surface area (Å²) < 4.78 is 12.4. The zero-order valence-corrected chi connectivity index (χ0v) is 22.6. The smallest absolute Gasteiger partial charge is 0.318 e. The van der Waals surface area contributed by atoms with Crippen molar-refractivity contribution >= 4 is 77.8 Å². The number of halogens is 2. The largest absolute Gasteiger partial charge is 0.493 e. The molecule has 0 unspecified atom stereocenters. The van der Waals surface area contributed by atoms with Gasteiger partial charge < -0.3 is 14.8 Å². The Morgan fingerprint density at radius 1 is 1.03 bits per heavy atom. The number of thioether (sulfide) groups is 1. The van der Waals surface area contributed by atoms with Gasteiger partial charge in [-0.3, -0.25) is 25.0 Å². The number of amidine groups is 1. The molecule has 0 aromatic heterocycles. The van der Waals surface area contributed by atoms with Crippen LogP contribution in [0.25, 0.3) is 6.08 Å². The second kappa shape index (κ2) is 11.1. The Hall–Kier alpha value is -3.75. The molecule has 11 nitrogen and oxygen atoms in total. The molecular formula is C23H14Br2N4O7S. The van der Waals surface area contributed by atoms with E-state index >= 15 is 0 Å². The fourth-order valence-corrected chi connectivity index (χ4v) is 4.94. The van der Waals surface area contributed by atoms with Crippen molar-refractivity contribution in [1.82, 2.24) is 5.32 Å². The van der Waals surface area contributed by atoms with E-state index < -0.39 is 21.2 Å². The number of ether oxygens (including phenoxy) is 2. The second-order valence-electron chi connectivity index (χ2n) is 7.26. The molecule has 0 aliphatic carbocycles. The Kier molecular flexibility index (Phi) is 7.90. The lowest BCUT2D eigenvalue weighted by Crippen LogP contribution is -2.19. The molecule has 188 valence electrons. The van der Waals surface area contributed by atoms with Crippen LogP contribution in [0.3, 0.4) is 0 Å². The van der Waals surface area contributed by atoms with Crippen molar-refractivity contribution < 1.29 is 24.1 Å². The first-order valence-corrected chi connectivity index (χ1v) is 12.6. The number of benzene rings is 3. The first kappa shape index (κ1) is 26.3. The monoisotopic (exact) mass is 648 g/mol. The molecule has 4 rings (SSSR count). The van der Waals surface area contributed by atoms with E-state index in [-0.39, 0.29) is 23.2 Å². The number of hydrogen-bond donors (Lipinski definition) is 1. The van der Waals surface area contributed by atoms with Crippen LogP contribution in [0.4, 0.5) is 17.1 Å². The molecule has 14 heteroatoms. The topological polar surface area (TPSA) is 146 Å². The molecule has 0 saturated carbocycles. The fourth-order valence-electron chi connectivity index (χ4n) is 3.18. The summed E-state index contributed by atoms with van der Waals surface area (Å²) in [6, 6.07) is 13.6. The average molecular weight is 650 g/mol. The molecule has 1 aliphatic rings. The van der Waals surface area contributed by atoms with Crippen LogP contribution in [0, 0.1) is 20.2 Å². The van der Waals surface area contributed by atoms with Gasteiger partial charge in [-0.05, 0) is 75.7 Å². The minimum atomic E-state index is -0.773. The standard InChI is InChI=1S/C23H14Br2N4O7S/c1-35-19-8-12(9-20-22(30)27-23(37-20)26-14-4-2-3-13(24)10-14)7-16(25)21(19)36-18-6-5-15(28(31)32)11-17(18)29(33)34/h2-11H,1H3,(H,26,27,30)/b20-9-. The van der Waals surface area contributed by atoms with Crippen molar-refractivity contribution in [3.05, 3.63) is 94.2 Å². The summed E-state index contributed by atoms with van der Waals surface area (Å²) in [7, 11) is 1.38. The number of carbonyl (C=O) groups is 1. The van der Waals surface area contributed by atoms with Gasteiger partial charge in [0.15, 0.2) is 16.7 Å². The number of non-ortho nitro benzene ring substituents is 1. The Bertz CT molecular complexity index is 1510. The Balaban J connectivity index is 1.63. The van der Waals surface area contributed by atoms with E-state index in [9.17, 15) is 25.0 Å². The molecule has 3 aromatic carbocycles. The van der Waals surface area contributed by atoms with E-state index in [2.05, 4.69) is 42.2 Å². The summed E-state index contributed by atoms with van der Waals surface area (Å²) in [5, 5.41) is 25.6. The Labute approximate surface area is 230 Å². The second-order valence-corrected chi connectivity index (χ2v) is 10.1. The van der Waals surface area contributed by atoms with Gasteiger partial charge in [-0.15, -0.1) is 0 Å². The maximum Gasteiger partial charge on any atom is 0.318 e. The van der Waals surface area contributed by atoms with Crippen molar-refractivity contribution in [3.8, 4) is 17.2 Å². The number of nitro benzene ring substituents is 2. The van der Waals surface area contributed by atoms with Crippen LogP contribution in [0.1, 0.15) is 5.56 Å². The maximum atomic E-state index is 12.5. The minimum absolute atomic E-state index is 0.113. The summed E-state index contributed by atoms with van der Waals surface area (Å²) in [4.78, 5) is 38.3. The zero-order chi connectivity index (χ0) is 26.7. The van der Waals surface area contributed by atoms with E-state index in [0.717, 1.165) is 22.7 Å². The Morgan fingerprint density at radius 2 is 1.81 bits per heavy atom. The minimum Gasteiger partial charge on any atom is -0.493 e. The van der Waals surface area contributed by atoms with Crippen molar-refractivity contribution in [2.75, 3.05) is 7.11 Å². The number of hydrogen-bond acceptors (Lipinski definition) is 9. The zero-order valence-electron chi connectivity index (χ0n) is 18.6. The molecule has 0 spiro atoms. The predicted molar refractivity (Wildman–Crippen MR) is 145 cm³/mol. The molecule has 0 atom stereocenters. The normalized spacial score (nSPS) is 15.1. The number of carbonyl (C=O) groups excluding carboxylic acids is 1. The lowest BCUT2D eigenvalue weighted by Gasteiger charge is -2.13. The van der Waals surface area contributed by atoms with E-state index in [1.54, 1.807) is 18.2 Å². The molecule has 0 radical (unpaired) electrons. The molecule has 0 bridgehead atoms. The van der Waals surface area contributed by atoms with Gasteiger partial charge in [0.2, 0.25) is 5.75 Å². The summed E-state index contributed by atoms with van der Waals surface area (Å²) in [5.74, 6) is -0.210. The third-order valence-corrected chi connectivity index (χ3v) is 6.79. The summed E-state index contributed by atoms with van der Waals surface area (Å²) in [5.41, 5.74) is 0.230. The predicted octanol–water partition coefficient (Wildman–Crippen LogP) is 6.72. The molecule has 3 aromatic rings. The highest BCUT2D eigenvalue weighted by Gasteiger charge is 2.26. The van der Waals surface area contributed by atoms with E-state index in [0.29, 0.717) is 25.8 Å². The van der Waals surface area contributed by atoms with Gasteiger partial charge in [-0.2, -0.15) is 0 Å². The summed E-state index contributed by atoms with van der Waals surface area (Å²) in [6.45, 7) is 0. The summed E-state index contributed by atoms with van der Waals surface area (Å²) in [6.07, 6.45) is 1.63. The van der Waals surface area contributed by atoms with Gasteiger partial charge >= 0.3 is 5.69 Å². The molecule has 1 fully saturated rings. The molecule has 1 amide bonds. The first-order valence-electron chi connectivity index (χ1n) is 10.2. The van der Waals surface area contributed by atoms with E-state index in [1.807, 2.05) is 24.3 Å². The van der Waals surface area contributed by atoms with Gasteiger partial charge in [0, 0.05) is 10.5 Å². The van der Waals surface area contributed by atoms with E-state index in [1.165, 1.54) is 18.9 Å². The van der Waals surface area contributed by atoms with Gasteiger partial charge in [0.1, 0.15) is 0 Å². The van der Waals surface area contributed by atoms with Gasteiger partial charge in [0.25, 0.3) is 11.6 Å². The van der Waals surface area contributed by atoms with Crippen molar-refractivity contribution in [1.29, 1.82) is 0 Å². The lowest BCUT2D eigenvalue weighted by atomic mass is 10.2. The first-order chi connectivity index (χ1) is 17.6. The number of rotatable bonds is 7. The summed E-state index contributed by atoms with van der Waals surface area (Å²) >= 11 is 7.93. The number of amides is 1. The molecule has 37 heavy (non-hydrogen) atoms. The molecule has 1 N–H and O–H groups in total. The van der Waals surface area contributed by atoms with Crippen molar-refractivity contribution in [2.24, 2.45) is 4.99 Å². The third kappa shape index (κ3) is 6.15. The van der Waals surface area contributed by atoms with Crippen molar-refractivity contribution in [2.45, 2.75) is 0 Å². The quantitative estimate of drug-likeness (QED) is 0.169. The third-order valence-electron chi connectivity index (χ3n) is 4.80. The van der Waals surface area contributed by atoms with Crippen LogP contribution >= 0.6 is 43.6 Å². The van der Waals surface area contributed by atoms with Gasteiger partial charge in [0.05, 0.1) is 38.1 Å². The molecule has 1 aliphatic heterocycles. The van der Waals surface area contributed by atoms with Crippen LogP contribution < -0.4 is 14.8 Å². The fraction of sp³-hybridized carbons (Fsp3) is 0.0435. The molecule has 1 saturated heterocycles. The van der Waals surface area contributed by atoms with Crippen LogP contribution in [0.5, 0.6) is 17.2 Å². The maximum absolute atomic E-state index is 12.5. The van der Waals surface area contributed by atoms with Crippen molar-refractivity contribution in [3.63, 3.8) is 0 Å². The number of aliphatic imine (C=N–C) groups is 1. The number of nitrogens with zero attached hydrogens (tertiary/aromatic N) is 3. The highest BCUT2D eigenvalue weighted by molar-refractivity contribution is 9.10. The molecule has 1 heterocycles. The van der Waals surface area contributed by atoms with Crippen LogP contribution in [0.2, 0.25) is 0 Å². The van der Waals surface area contributed by atoms with E-state index in [4.69, 9.17) is 9.47 Å². The number of nitrogens with one attached hydrogen (secondary N) is 1. The lowest BCUT2D eigenvalue weighted by molar-refractivity contribution is -0.394. The molecular weight excluding hydrogens is 636 g/mol. The highest BCUT2D eigenvalue weighted by Crippen LogP contribution is 2.43. The number of nitro groups is 2. The van der Waals surface area contributed by atoms with Gasteiger partial charge in [-0.1, -0.05) is 22.0 Å². The van der Waals surface area contributed by atoms with Crippen LogP contribution in [-0.4, -0.2) is 28.0 Å². The van der Waals surface area contributed by atoms with Crippen LogP contribution in [-0.2, 0) is 4.79 Å². The van der Waals surface area contributed by atoms with Gasteiger partial charge in [-0.25, -0.2) is 4.99 Å². The number of methoxy groups -OCH3 is 1. The average Bonchev–Trinajstić information content (AvgIpc) is 3.18.